The number of carbonyl (C=O) groups excluding carboxylic acids is 1. The summed E-state index contributed by atoms with van der Waals surface area (Å²) in [7, 11) is 0. The number of amides is 1. The fraction of sp³-hybridized carbons (Fsp3) is 0.333. The topological polar surface area (TPSA) is 42.4 Å². The molecule has 4 nitrogen and oxygen atoms in total. The second-order valence-electron chi connectivity index (χ2n) is 5.52. The largest absolute Gasteiger partial charge is 0.493 e. The number of aromatic nitrogens is 1. The van der Waals surface area contributed by atoms with Gasteiger partial charge >= 0.3 is 0 Å². The van der Waals surface area contributed by atoms with Crippen LogP contribution in [0.25, 0.3) is 0 Å². The predicted octanol–water partition coefficient (Wildman–Crippen LogP) is 3.04. The van der Waals surface area contributed by atoms with Crippen LogP contribution in [-0.2, 0) is 11.3 Å². The number of rotatable bonds is 7. The third-order valence-electron chi connectivity index (χ3n) is 3.74. The van der Waals surface area contributed by atoms with Crippen molar-refractivity contribution in [2.45, 2.75) is 31.8 Å². The van der Waals surface area contributed by atoms with Gasteiger partial charge in [0, 0.05) is 25.0 Å². The molecule has 0 N–H and O–H groups in total. The Balaban J connectivity index is 1.52. The third-order valence-corrected chi connectivity index (χ3v) is 3.74. The highest BCUT2D eigenvalue weighted by atomic mass is 16.5. The van der Waals surface area contributed by atoms with Crippen LogP contribution in [-0.4, -0.2) is 28.4 Å². The first kappa shape index (κ1) is 14.6. The number of carbonyl (C=O) groups is 1. The maximum absolute atomic E-state index is 12.4. The number of ether oxygens (including phenoxy) is 1. The molecule has 0 spiro atoms. The predicted molar refractivity (Wildman–Crippen MR) is 84.4 cm³/mol. The second kappa shape index (κ2) is 7.07. The van der Waals surface area contributed by atoms with Crippen LogP contribution < -0.4 is 4.74 Å². The summed E-state index contributed by atoms with van der Waals surface area (Å²) in [6.45, 7) is 1.08. The lowest BCUT2D eigenvalue weighted by Crippen LogP contribution is -2.33. The van der Waals surface area contributed by atoms with E-state index in [4.69, 9.17) is 4.74 Å². The SMILES string of the molecule is O=C(CCOc1ccccc1)N(Cc1ccncc1)C1CC1. The van der Waals surface area contributed by atoms with Crippen molar-refractivity contribution in [2.75, 3.05) is 6.61 Å². The standard InChI is InChI=1S/C18H20N2O2/c21-18(10-13-22-17-4-2-1-3-5-17)20(16-6-7-16)14-15-8-11-19-12-9-15/h1-5,8-9,11-12,16H,6-7,10,13-14H2. The Hall–Kier alpha value is -2.36. The lowest BCUT2D eigenvalue weighted by Gasteiger charge is -2.22. The quantitative estimate of drug-likeness (QED) is 0.788. The lowest BCUT2D eigenvalue weighted by molar-refractivity contribution is -0.132. The van der Waals surface area contributed by atoms with E-state index in [1.54, 1.807) is 12.4 Å². The second-order valence-corrected chi connectivity index (χ2v) is 5.52. The smallest absolute Gasteiger partial charge is 0.226 e. The highest BCUT2D eigenvalue weighted by Crippen LogP contribution is 2.28. The summed E-state index contributed by atoms with van der Waals surface area (Å²) in [5, 5.41) is 0. The van der Waals surface area contributed by atoms with Gasteiger partial charge in [-0.3, -0.25) is 9.78 Å². The molecular formula is C18H20N2O2. The van der Waals surface area contributed by atoms with Crippen LogP contribution in [0.5, 0.6) is 5.75 Å². The average Bonchev–Trinajstić information content (AvgIpc) is 3.39. The van der Waals surface area contributed by atoms with Gasteiger partial charge in [0.05, 0.1) is 13.0 Å². The number of hydrogen-bond acceptors (Lipinski definition) is 3. The van der Waals surface area contributed by atoms with Gasteiger partial charge < -0.3 is 9.64 Å². The van der Waals surface area contributed by atoms with Gasteiger partial charge in [0.25, 0.3) is 0 Å². The molecule has 0 atom stereocenters. The summed E-state index contributed by atoms with van der Waals surface area (Å²) in [6, 6.07) is 13.9. The Kier molecular flexibility index (Phi) is 4.68. The van der Waals surface area contributed by atoms with Gasteiger partial charge in [0.1, 0.15) is 5.75 Å². The number of hydrogen-bond donors (Lipinski definition) is 0. The highest BCUT2D eigenvalue weighted by Gasteiger charge is 2.32. The molecule has 1 aliphatic carbocycles. The van der Waals surface area contributed by atoms with E-state index in [1.807, 2.05) is 47.4 Å². The molecule has 1 fully saturated rings. The summed E-state index contributed by atoms with van der Waals surface area (Å²) in [5.41, 5.74) is 1.12. The molecule has 2 aromatic rings. The third kappa shape index (κ3) is 4.07. The Morgan fingerprint density at radius 2 is 1.86 bits per heavy atom. The zero-order valence-electron chi connectivity index (χ0n) is 12.5. The van der Waals surface area contributed by atoms with Crippen molar-refractivity contribution in [1.82, 2.24) is 9.88 Å². The monoisotopic (exact) mass is 296 g/mol. The molecule has 114 valence electrons. The molecular weight excluding hydrogens is 276 g/mol. The molecule has 4 heteroatoms. The Bertz CT molecular complexity index is 597. The van der Waals surface area contributed by atoms with Crippen LogP contribution in [0.4, 0.5) is 0 Å². The molecule has 1 aromatic carbocycles. The first-order valence-corrected chi connectivity index (χ1v) is 7.69. The van der Waals surface area contributed by atoms with E-state index in [2.05, 4.69) is 4.98 Å². The van der Waals surface area contributed by atoms with Gasteiger partial charge in [0.15, 0.2) is 0 Å². The molecule has 1 saturated carbocycles. The number of benzene rings is 1. The minimum absolute atomic E-state index is 0.162. The molecule has 0 radical (unpaired) electrons. The summed E-state index contributed by atoms with van der Waals surface area (Å²) in [6.07, 6.45) is 6.16. The van der Waals surface area contributed by atoms with E-state index in [0.29, 0.717) is 25.6 Å². The number of pyridine rings is 1. The van der Waals surface area contributed by atoms with Crippen LogP contribution in [0.15, 0.2) is 54.9 Å². The molecule has 1 amide bonds. The van der Waals surface area contributed by atoms with E-state index in [-0.39, 0.29) is 5.91 Å². The van der Waals surface area contributed by atoms with Gasteiger partial charge in [-0.15, -0.1) is 0 Å². The van der Waals surface area contributed by atoms with E-state index >= 15 is 0 Å². The maximum Gasteiger partial charge on any atom is 0.226 e. The van der Waals surface area contributed by atoms with Crippen LogP contribution in [0.3, 0.4) is 0 Å². The van der Waals surface area contributed by atoms with Crippen molar-refractivity contribution < 1.29 is 9.53 Å². The van der Waals surface area contributed by atoms with Crippen molar-refractivity contribution >= 4 is 5.91 Å². The highest BCUT2D eigenvalue weighted by molar-refractivity contribution is 5.77. The van der Waals surface area contributed by atoms with Crippen LogP contribution in [0.1, 0.15) is 24.8 Å². The molecule has 0 aliphatic heterocycles. The summed E-state index contributed by atoms with van der Waals surface area (Å²) in [5.74, 6) is 0.970. The van der Waals surface area contributed by atoms with Crippen molar-refractivity contribution in [3.8, 4) is 5.75 Å². The van der Waals surface area contributed by atoms with Gasteiger partial charge in [-0.2, -0.15) is 0 Å². The Morgan fingerprint density at radius 1 is 1.14 bits per heavy atom. The summed E-state index contributed by atoms with van der Waals surface area (Å²) < 4.78 is 5.62. The maximum atomic E-state index is 12.4. The Morgan fingerprint density at radius 3 is 2.55 bits per heavy atom. The van der Waals surface area contributed by atoms with E-state index in [9.17, 15) is 4.79 Å². The normalized spacial score (nSPS) is 13.6. The zero-order chi connectivity index (χ0) is 15.2. The molecule has 0 bridgehead atoms. The molecule has 0 unspecified atom stereocenters. The van der Waals surface area contributed by atoms with E-state index < -0.39 is 0 Å². The van der Waals surface area contributed by atoms with E-state index in [1.165, 1.54) is 0 Å². The molecule has 3 rings (SSSR count). The van der Waals surface area contributed by atoms with Crippen LogP contribution >= 0.6 is 0 Å². The minimum Gasteiger partial charge on any atom is -0.493 e. The first-order valence-electron chi connectivity index (χ1n) is 7.69. The molecule has 1 heterocycles. The van der Waals surface area contributed by atoms with Crippen LogP contribution in [0.2, 0.25) is 0 Å². The first-order chi connectivity index (χ1) is 10.8. The van der Waals surface area contributed by atoms with Gasteiger partial charge in [-0.25, -0.2) is 0 Å². The fourth-order valence-electron chi connectivity index (χ4n) is 2.41. The van der Waals surface area contributed by atoms with Gasteiger partial charge in [0.2, 0.25) is 5.91 Å². The van der Waals surface area contributed by atoms with Crippen molar-refractivity contribution in [1.29, 1.82) is 0 Å². The molecule has 1 aromatic heterocycles. The molecule has 0 saturated heterocycles. The Labute approximate surface area is 130 Å². The average molecular weight is 296 g/mol. The van der Waals surface area contributed by atoms with Crippen LogP contribution in [0, 0.1) is 0 Å². The lowest BCUT2D eigenvalue weighted by atomic mass is 10.2. The summed E-state index contributed by atoms with van der Waals surface area (Å²) >= 11 is 0. The fourth-order valence-corrected chi connectivity index (χ4v) is 2.41. The summed E-state index contributed by atoms with van der Waals surface area (Å²) in [4.78, 5) is 18.4. The van der Waals surface area contributed by atoms with Gasteiger partial charge in [-0.1, -0.05) is 18.2 Å². The van der Waals surface area contributed by atoms with Crippen molar-refractivity contribution in [3.05, 3.63) is 60.4 Å². The van der Waals surface area contributed by atoms with Crippen molar-refractivity contribution in [3.63, 3.8) is 0 Å². The number of nitrogens with zero attached hydrogens (tertiary/aromatic N) is 2. The van der Waals surface area contributed by atoms with Crippen molar-refractivity contribution in [2.24, 2.45) is 0 Å². The van der Waals surface area contributed by atoms with E-state index in [0.717, 1.165) is 24.2 Å². The number of para-hydroxylation sites is 1. The zero-order valence-corrected chi connectivity index (χ0v) is 12.5. The minimum atomic E-state index is 0.162. The molecule has 22 heavy (non-hydrogen) atoms. The van der Waals surface area contributed by atoms with Gasteiger partial charge in [-0.05, 0) is 42.7 Å². The molecule has 1 aliphatic rings.